The second-order valence-corrected chi connectivity index (χ2v) is 4.91. The van der Waals surface area contributed by atoms with E-state index in [1.807, 2.05) is 20.8 Å². The molecule has 0 saturated carbocycles. The summed E-state index contributed by atoms with van der Waals surface area (Å²) >= 11 is 0. The Bertz CT molecular complexity index is 427. The number of rotatable bonds is 8. The molecule has 4 N–H and O–H groups in total. The van der Waals surface area contributed by atoms with Crippen LogP contribution in [0, 0.1) is 0 Å². The Hall–Kier alpha value is -1.56. The Kier molecular flexibility index (Phi) is 6.51. The highest BCUT2D eigenvalue weighted by Gasteiger charge is 2.26. The molecule has 0 aliphatic rings. The van der Waals surface area contributed by atoms with E-state index in [1.54, 1.807) is 4.90 Å². The highest BCUT2D eigenvalue weighted by atomic mass is 16.3. The van der Waals surface area contributed by atoms with Gasteiger partial charge in [-0.2, -0.15) is 5.10 Å². The van der Waals surface area contributed by atoms with Crippen molar-refractivity contribution in [3.63, 3.8) is 0 Å². The van der Waals surface area contributed by atoms with Gasteiger partial charge >= 0.3 is 0 Å². The van der Waals surface area contributed by atoms with Crippen molar-refractivity contribution in [2.24, 2.45) is 0 Å². The van der Waals surface area contributed by atoms with Gasteiger partial charge in [0.05, 0.1) is 18.0 Å². The Morgan fingerprint density at radius 1 is 1.40 bits per heavy atom. The normalized spacial score (nSPS) is 11.1. The molecule has 0 aliphatic heterocycles. The molecule has 1 amide bonds. The van der Waals surface area contributed by atoms with Gasteiger partial charge in [0.2, 0.25) is 0 Å². The number of anilines is 1. The minimum atomic E-state index is -0.205. The first-order chi connectivity index (χ1) is 9.60. The van der Waals surface area contributed by atoms with Crippen LogP contribution in [0.5, 0.6) is 0 Å². The average Bonchev–Trinajstić information content (AvgIpc) is 2.80. The lowest BCUT2D eigenvalue weighted by Gasteiger charge is -2.29. The summed E-state index contributed by atoms with van der Waals surface area (Å²) in [6.07, 6.45) is 3.40. The number of aliphatic hydroxyl groups is 1. The van der Waals surface area contributed by atoms with Crippen molar-refractivity contribution in [2.45, 2.75) is 52.5 Å². The smallest absolute Gasteiger partial charge is 0.276 e. The number of hydrogen-bond donors (Lipinski definition) is 3. The number of H-pyrrole nitrogens is 1. The molecule has 6 nitrogen and oxygen atoms in total. The molecule has 1 aromatic rings. The Morgan fingerprint density at radius 3 is 2.55 bits per heavy atom. The molecule has 0 fully saturated rings. The number of carbonyl (C=O) groups is 1. The Labute approximate surface area is 120 Å². The average molecular weight is 282 g/mol. The summed E-state index contributed by atoms with van der Waals surface area (Å²) in [5, 5.41) is 16.1. The van der Waals surface area contributed by atoms with Crippen LogP contribution in [-0.4, -0.2) is 45.3 Å². The monoisotopic (exact) mass is 282 g/mol. The Balaban J connectivity index is 3.00. The molecule has 0 unspecified atom stereocenters. The van der Waals surface area contributed by atoms with Gasteiger partial charge in [-0.05, 0) is 19.3 Å². The molecule has 20 heavy (non-hydrogen) atoms. The van der Waals surface area contributed by atoms with Crippen LogP contribution in [0.3, 0.4) is 0 Å². The number of amides is 1. The fourth-order valence-electron chi connectivity index (χ4n) is 2.41. The van der Waals surface area contributed by atoms with Crippen molar-refractivity contribution in [1.82, 2.24) is 15.1 Å². The van der Waals surface area contributed by atoms with E-state index in [9.17, 15) is 9.90 Å². The lowest BCUT2D eigenvalue weighted by molar-refractivity contribution is 0.0617. The van der Waals surface area contributed by atoms with Crippen LogP contribution in [0.2, 0.25) is 0 Å². The second kappa shape index (κ2) is 7.89. The van der Waals surface area contributed by atoms with Crippen LogP contribution in [0.15, 0.2) is 0 Å². The highest BCUT2D eigenvalue weighted by Crippen LogP contribution is 2.20. The van der Waals surface area contributed by atoms with E-state index in [2.05, 4.69) is 10.2 Å². The number of aromatic amines is 1. The zero-order valence-electron chi connectivity index (χ0n) is 12.6. The molecule has 114 valence electrons. The predicted molar refractivity (Wildman–Crippen MR) is 79.5 cm³/mol. The topological polar surface area (TPSA) is 95.2 Å². The molecule has 0 spiro atoms. The number of carbonyl (C=O) groups excluding carboxylic acids is 1. The van der Waals surface area contributed by atoms with Crippen LogP contribution in [0.1, 0.15) is 56.2 Å². The van der Waals surface area contributed by atoms with Crippen LogP contribution in [0.25, 0.3) is 0 Å². The van der Waals surface area contributed by atoms with Gasteiger partial charge in [-0.3, -0.25) is 9.89 Å². The van der Waals surface area contributed by atoms with Gasteiger partial charge in [-0.15, -0.1) is 0 Å². The Morgan fingerprint density at radius 2 is 2.05 bits per heavy atom. The molecule has 1 rings (SSSR count). The van der Waals surface area contributed by atoms with Crippen molar-refractivity contribution in [3.05, 3.63) is 11.4 Å². The van der Waals surface area contributed by atoms with Crippen LogP contribution in [-0.2, 0) is 6.42 Å². The first-order valence-corrected chi connectivity index (χ1v) is 7.35. The SMILES string of the molecule is CCCc1[nH]nc(C(=O)N(CCO)C(CC)CC)c1N. The molecule has 0 aromatic carbocycles. The first-order valence-electron chi connectivity index (χ1n) is 7.35. The summed E-state index contributed by atoms with van der Waals surface area (Å²) in [6.45, 7) is 6.35. The standard InChI is InChI=1S/C14H26N4O2/c1-4-7-11-12(15)13(17-16-11)14(20)18(8-9-19)10(5-2)6-3/h10,19H,4-9,15H2,1-3H3,(H,16,17). The van der Waals surface area contributed by atoms with Gasteiger partial charge in [0.15, 0.2) is 5.69 Å². The molecule has 0 bridgehead atoms. The van der Waals surface area contributed by atoms with E-state index in [-0.39, 0.29) is 24.2 Å². The summed E-state index contributed by atoms with van der Waals surface area (Å²) in [6, 6.07) is 0.0976. The van der Waals surface area contributed by atoms with Gasteiger partial charge in [-0.25, -0.2) is 0 Å². The van der Waals surface area contributed by atoms with Gasteiger partial charge in [0, 0.05) is 12.6 Å². The molecule has 0 atom stereocenters. The number of nitrogens with zero attached hydrogens (tertiary/aromatic N) is 2. The van der Waals surface area contributed by atoms with Gasteiger partial charge in [0.25, 0.3) is 5.91 Å². The summed E-state index contributed by atoms with van der Waals surface area (Å²) < 4.78 is 0. The molecular weight excluding hydrogens is 256 g/mol. The number of nitrogens with one attached hydrogen (secondary N) is 1. The fraction of sp³-hybridized carbons (Fsp3) is 0.714. The number of aliphatic hydroxyl groups excluding tert-OH is 1. The third kappa shape index (κ3) is 3.50. The van der Waals surface area contributed by atoms with Gasteiger partial charge < -0.3 is 15.7 Å². The lowest BCUT2D eigenvalue weighted by Crippen LogP contribution is -2.42. The lowest BCUT2D eigenvalue weighted by atomic mass is 10.1. The molecule has 0 aliphatic carbocycles. The molecule has 0 radical (unpaired) electrons. The second-order valence-electron chi connectivity index (χ2n) is 4.91. The highest BCUT2D eigenvalue weighted by molar-refractivity contribution is 5.97. The maximum absolute atomic E-state index is 12.6. The molecular formula is C14H26N4O2. The van der Waals surface area contributed by atoms with Gasteiger partial charge in [0.1, 0.15) is 0 Å². The minimum absolute atomic E-state index is 0.0611. The number of aryl methyl sites for hydroxylation is 1. The number of aromatic nitrogens is 2. The van der Waals surface area contributed by atoms with Crippen molar-refractivity contribution < 1.29 is 9.90 Å². The molecule has 0 saturated heterocycles. The largest absolute Gasteiger partial charge is 0.395 e. The molecule has 1 heterocycles. The molecule has 6 heteroatoms. The van der Waals surface area contributed by atoms with E-state index in [0.29, 0.717) is 12.2 Å². The number of nitrogens with two attached hydrogens (primary N) is 1. The third-order valence-corrected chi connectivity index (χ3v) is 3.57. The van der Waals surface area contributed by atoms with E-state index in [4.69, 9.17) is 5.73 Å². The van der Waals surface area contributed by atoms with Crippen molar-refractivity contribution in [1.29, 1.82) is 0 Å². The summed E-state index contributed by atoms with van der Waals surface area (Å²) in [4.78, 5) is 14.3. The predicted octanol–water partition coefficient (Wildman–Crippen LogP) is 1.57. The van der Waals surface area contributed by atoms with E-state index < -0.39 is 0 Å². The third-order valence-electron chi connectivity index (χ3n) is 3.57. The van der Waals surface area contributed by atoms with E-state index >= 15 is 0 Å². The molecule has 1 aromatic heterocycles. The zero-order chi connectivity index (χ0) is 15.1. The first kappa shape index (κ1) is 16.5. The van der Waals surface area contributed by atoms with Crippen molar-refractivity contribution >= 4 is 11.6 Å². The van der Waals surface area contributed by atoms with E-state index in [1.165, 1.54) is 0 Å². The quantitative estimate of drug-likeness (QED) is 0.674. The summed E-state index contributed by atoms with van der Waals surface area (Å²) in [5.41, 5.74) is 7.52. The van der Waals surface area contributed by atoms with Gasteiger partial charge in [-0.1, -0.05) is 27.2 Å². The number of nitrogen functional groups attached to an aromatic ring is 1. The zero-order valence-corrected chi connectivity index (χ0v) is 12.6. The van der Waals surface area contributed by atoms with Crippen LogP contribution in [0.4, 0.5) is 5.69 Å². The van der Waals surface area contributed by atoms with E-state index in [0.717, 1.165) is 31.4 Å². The maximum atomic E-state index is 12.6. The summed E-state index contributed by atoms with van der Waals surface area (Å²) in [7, 11) is 0. The number of hydrogen-bond acceptors (Lipinski definition) is 4. The maximum Gasteiger partial charge on any atom is 0.276 e. The fourth-order valence-corrected chi connectivity index (χ4v) is 2.41. The summed E-state index contributed by atoms with van der Waals surface area (Å²) in [5.74, 6) is -0.205. The van der Waals surface area contributed by atoms with Crippen molar-refractivity contribution in [2.75, 3.05) is 18.9 Å². The van der Waals surface area contributed by atoms with Crippen LogP contribution >= 0.6 is 0 Å². The van der Waals surface area contributed by atoms with Crippen LogP contribution < -0.4 is 5.73 Å². The van der Waals surface area contributed by atoms with Crippen molar-refractivity contribution in [3.8, 4) is 0 Å². The minimum Gasteiger partial charge on any atom is -0.395 e.